The van der Waals surface area contributed by atoms with Crippen LogP contribution in [0.25, 0.3) is 11.0 Å². The fourth-order valence-electron chi connectivity index (χ4n) is 1.58. The largest absolute Gasteiger partial charge is 0.345 e. The van der Waals surface area contributed by atoms with Crippen LogP contribution in [-0.2, 0) is 6.42 Å². The average molecular weight is 174 g/mol. The van der Waals surface area contributed by atoms with E-state index in [0.29, 0.717) is 5.92 Å². The third-order valence-electron chi connectivity index (χ3n) is 2.13. The molecule has 1 aromatic carbocycles. The van der Waals surface area contributed by atoms with Gasteiger partial charge < -0.3 is 4.98 Å². The van der Waals surface area contributed by atoms with Gasteiger partial charge in [-0.3, -0.25) is 0 Å². The molecule has 68 valence electrons. The number of hydrogen-bond donors (Lipinski definition) is 1. The molecule has 0 aliphatic rings. The molecule has 13 heavy (non-hydrogen) atoms. The van der Waals surface area contributed by atoms with Crippen molar-refractivity contribution in [3.63, 3.8) is 0 Å². The van der Waals surface area contributed by atoms with Crippen molar-refractivity contribution in [2.24, 2.45) is 5.92 Å². The van der Waals surface area contributed by atoms with Crippen LogP contribution in [0, 0.1) is 5.92 Å². The Balaban J connectivity index is 2.37. The number of aromatic nitrogens is 2. The van der Waals surface area contributed by atoms with E-state index in [2.05, 4.69) is 42.0 Å². The zero-order chi connectivity index (χ0) is 9.26. The molecule has 0 aliphatic heterocycles. The van der Waals surface area contributed by atoms with E-state index in [9.17, 15) is 0 Å². The molecular formula is C11H14N2. The Bertz CT molecular complexity index is 401. The van der Waals surface area contributed by atoms with Gasteiger partial charge >= 0.3 is 0 Å². The number of rotatable bonds is 2. The van der Waals surface area contributed by atoms with Gasteiger partial charge in [0.25, 0.3) is 0 Å². The summed E-state index contributed by atoms with van der Waals surface area (Å²) in [5.41, 5.74) is 3.57. The molecule has 0 spiro atoms. The summed E-state index contributed by atoms with van der Waals surface area (Å²) in [6.07, 6.45) is 2.87. The maximum absolute atomic E-state index is 4.18. The van der Waals surface area contributed by atoms with Crippen molar-refractivity contribution in [1.82, 2.24) is 9.97 Å². The topological polar surface area (TPSA) is 28.7 Å². The van der Waals surface area contributed by atoms with Gasteiger partial charge in [0.2, 0.25) is 0 Å². The minimum Gasteiger partial charge on any atom is -0.345 e. The number of fused-ring (bicyclic) bond motifs is 1. The van der Waals surface area contributed by atoms with Crippen LogP contribution in [0.15, 0.2) is 24.5 Å². The molecule has 0 aliphatic carbocycles. The summed E-state index contributed by atoms with van der Waals surface area (Å²) in [6.45, 7) is 4.47. The molecule has 0 saturated carbocycles. The van der Waals surface area contributed by atoms with Gasteiger partial charge in [0.05, 0.1) is 17.4 Å². The van der Waals surface area contributed by atoms with Gasteiger partial charge in [0.15, 0.2) is 0 Å². The minimum atomic E-state index is 0.709. The summed E-state index contributed by atoms with van der Waals surface area (Å²) in [7, 11) is 0. The SMILES string of the molecule is CC(C)Cc1ccc2nc[nH]c2c1. The second-order valence-corrected chi connectivity index (χ2v) is 3.85. The van der Waals surface area contributed by atoms with Crippen LogP contribution in [0.5, 0.6) is 0 Å². The molecule has 1 aromatic heterocycles. The summed E-state index contributed by atoms with van der Waals surface area (Å²) < 4.78 is 0. The quantitative estimate of drug-likeness (QED) is 0.745. The van der Waals surface area contributed by atoms with Crippen LogP contribution < -0.4 is 0 Å². The molecule has 2 heteroatoms. The summed E-state index contributed by atoms with van der Waals surface area (Å²) in [4.78, 5) is 7.31. The van der Waals surface area contributed by atoms with Crippen LogP contribution in [0.4, 0.5) is 0 Å². The van der Waals surface area contributed by atoms with Crippen LogP contribution in [0.3, 0.4) is 0 Å². The molecule has 0 bridgehead atoms. The monoisotopic (exact) mass is 174 g/mol. The Morgan fingerprint density at radius 3 is 3.00 bits per heavy atom. The second kappa shape index (κ2) is 3.21. The predicted octanol–water partition coefficient (Wildman–Crippen LogP) is 2.76. The van der Waals surface area contributed by atoms with Crippen LogP contribution in [0.1, 0.15) is 19.4 Å². The van der Waals surface area contributed by atoms with Crippen molar-refractivity contribution >= 4 is 11.0 Å². The predicted molar refractivity (Wildman–Crippen MR) is 54.6 cm³/mol. The number of aromatic amines is 1. The molecule has 0 saturated heterocycles. The van der Waals surface area contributed by atoms with Gasteiger partial charge in [-0.2, -0.15) is 0 Å². The van der Waals surface area contributed by atoms with E-state index in [0.717, 1.165) is 17.5 Å². The maximum atomic E-state index is 4.18. The molecule has 0 atom stereocenters. The highest BCUT2D eigenvalue weighted by molar-refractivity contribution is 5.74. The first-order chi connectivity index (χ1) is 6.25. The number of imidazole rings is 1. The second-order valence-electron chi connectivity index (χ2n) is 3.85. The molecule has 0 amide bonds. The Labute approximate surface area is 78.0 Å². The lowest BCUT2D eigenvalue weighted by Gasteiger charge is -2.03. The van der Waals surface area contributed by atoms with E-state index in [4.69, 9.17) is 0 Å². The van der Waals surface area contributed by atoms with Crippen molar-refractivity contribution in [1.29, 1.82) is 0 Å². The van der Waals surface area contributed by atoms with Gasteiger partial charge in [-0.15, -0.1) is 0 Å². The molecule has 0 unspecified atom stereocenters. The zero-order valence-corrected chi connectivity index (χ0v) is 8.04. The molecule has 2 rings (SSSR count). The molecule has 2 aromatic rings. The fourth-order valence-corrected chi connectivity index (χ4v) is 1.58. The standard InChI is InChI=1S/C11H14N2/c1-8(2)5-9-3-4-10-11(6-9)13-7-12-10/h3-4,6-8H,5H2,1-2H3,(H,12,13). The molecule has 1 heterocycles. The van der Waals surface area contributed by atoms with Crippen LogP contribution in [-0.4, -0.2) is 9.97 Å². The van der Waals surface area contributed by atoms with E-state index in [-0.39, 0.29) is 0 Å². The minimum absolute atomic E-state index is 0.709. The number of nitrogens with one attached hydrogen (secondary N) is 1. The van der Waals surface area contributed by atoms with Crippen molar-refractivity contribution in [2.75, 3.05) is 0 Å². The van der Waals surface area contributed by atoms with Crippen LogP contribution in [0.2, 0.25) is 0 Å². The van der Waals surface area contributed by atoms with Crippen molar-refractivity contribution in [2.45, 2.75) is 20.3 Å². The highest BCUT2D eigenvalue weighted by atomic mass is 14.9. The lowest BCUT2D eigenvalue weighted by molar-refractivity contribution is 0.648. The third kappa shape index (κ3) is 1.72. The van der Waals surface area contributed by atoms with Gasteiger partial charge in [-0.25, -0.2) is 4.98 Å². The third-order valence-corrected chi connectivity index (χ3v) is 2.13. The van der Waals surface area contributed by atoms with E-state index >= 15 is 0 Å². The van der Waals surface area contributed by atoms with Gasteiger partial charge in [0.1, 0.15) is 0 Å². The first kappa shape index (κ1) is 8.30. The Hall–Kier alpha value is -1.31. The first-order valence-corrected chi connectivity index (χ1v) is 4.68. The van der Waals surface area contributed by atoms with E-state index in [1.807, 2.05) is 0 Å². The summed E-state index contributed by atoms with van der Waals surface area (Å²) in [5, 5.41) is 0. The summed E-state index contributed by atoms with van der Waals surface area (Å²) >= 11 is 0. The normalized spacial score (nSPS) is 11.3. The number of benzene rings is 1. The Morgan fingerprint density at radius 2 is 2.23 bits per heavy atom. The lowest BCUT2D eigenvalue weighted by atomic mass is 10.0. The van der Waals surface area contributed by atoms with Crippen molar-refractivity contribution in [3.8, 4) is 0 Å². The lowest BCUT2D eigenvalue weighted by Crippen LogP contribution is -1.93. The van der Waals surface area contributed by atoms with Crippen molar-refractivity contribution < 1.29 is 0 Å². The van der Waals surface area contributed by atoms with Gasteiger partial charge in [-0.05, 0) is 30.0 Å². The van der Waals surface area contributed by atoms with Gasteiger partial charge in [-0.1, -0.05) is 19.9 Å². The number of hydrogen-bond acceptors (Lipinski definition) is 1. The smallest absolute Gasteiger partial charge is 0.0931 e. The summed E-state index contributed by atoms with van der Waals surface area (Å²) in [5.74, 6) is 0.709. The number of nitrogens with zero attached hydrogens (tertiary/aromatic N) is 1. The molecule has 1 N–H and O–H groups in total. The zero-order valence-electron chi connectivity index (χ0n) is 8.04. The Morgan fingerprint density at radius 1 is 1.38 bits per heavy atom. The highest BCUT2D eigenvalue weighted by Gasteiger charge is 2.00. The van der Waals surface area contributed by atoms with Crippen molar-refractivity contribution in [3.05, 3.63) is 30.1 Å². The summed E-state index contributed by atoms with van der Waals surface area (Å²) in [6, 6.07) is 6.41. The molecule has 0 radical (unpaired) electrons. The van der Waals surface area contributed by atoms with E-state index in [1.165, 1.54) is 5.56 Å². The number of H-pyrrole nitrogens is 1. The molecule has 2 nitrogen and oxygen atoms in total. The van der Waals surface area contributed by atoms with Crippen LogP contribution >= 0.6 is 0 Å². The first-order valence-electron chi connectivity index (χ1n) is 4.68. The van der Waals surface area contributed by atoms with E-state index in [1.54, 1.807) is 6.33 Å². The van der Waals surface area contributed by atoms with Gasteiger partial charge in [0, 0.05) is 0 Å². The Kier molecular flexibility index (Phi) is 2.05. The average Bonchev–Trinajstić information content (AvgIpc) is 2.49. The molecule has 0 fully saturated rings. The van der Waals surface area contributed by atoms with E-state index < -0.39 is 0 Å². The fraction of sp³-hybridized carbons (Fsp3) is 0.364. The highest BCUT2D eigenvalue weighted by Crippen LogP contribution is 2.14. The molecular weight excluding hydrogens is 160 g/mol. The maximum Gasteiger partial charge on any atom is 0.0931 e.